The number of ether oxygens (including phenoxy) is 1. The Morgan fingerprint density at radius 3 is 2.95 bits per heavy atom. The maximum Gasteiger partial charge on any atom is 0.128 e. The van der Waals surface area contributed by atoms with Gasteiger partial charge in [-0.25, -0.2) is 9.97 Å². The third-order valence-corrected chi connectivity index (χ3v) is 3.83. The molecule has 0 saturated carbocycles. The molecule has 0 radical (unpaired) electrons. The average Bonchev–Trinajstić information content (AvgIpc) is 2.36. The van der Waals surface area contributed by atoms with E-state index in [1.807, 2.05) is 13.2 Å². The van der Waals surface area contributed by atoms with Crippen molar-refractivity contribution in [1.82, 2.24) is 15.3 Å². The molecule has 0 aromatic carbocycles. The predicted octanol–water partition coefficient (Wildman–Crippen LogP) is 2.29. The summed E-state index contributed by atoms with van der Waals surface area (Å²) in [7, 11) is 3.75. The van der Waals surface area contributed by atoms with Gasteiger partial charge in [0.05, 0.1) is 0 Å². The van der Waals surface area contributed by atoms with Crippen LogP contribution in [-0.2, 0) is 17.6 Å². The zero-order valence-corrected chi connectivity index (χ0v) is 12.5. The Hall–Kier alpha value is -1.00. The van der Waals surface area contributed by atoms with Crippen LogP contribution in [-0.4, -0.2) is 30.7 Å². The molecule has 1 atom stereocenters. The van der Waals surface area contributed by atoms with Crippen LogP contribution in [0.15, 0.2) is 6.20 Å². The minimum absolute atomic E-state index is 0.304. The monoisotopic (exact) mass is 263 g/mol. The Balaban J connectivity index is 2.18. The van der Waals surface area contributed by atoms with Gasteiger partial charge in [0.1, 0.15) is 5.82 Å². The summed E-state index contributed by atoms with van der Waals surface area (Å²) in [5, 5.41) is 3.39. The van der Waals surface area contributed by atoms with Gasteiger partial charge in [0.2, 0.25) is 0 Å². The quantitative estimate of drug-likeness (QED) is 0.828. The predicted molar refractivity (Wildman–Crippen MR) is 76.1 cm³/mol. The third-order valence-electron chi connectivity index (χ3n) is 3.83. The fraction of sp³-hybridized carbons (Fsp3) is 0.733. The molecule has 0 fully saturated rings. The van der Waals surface area contributed by atoms with Crippen LogP contribution in [0.5, 0.6) is 0 Å². The maximum atomic E-state index is 5.08. The first-order chi connectivity index (χ1) is 9.05. The van der Waals surface area contributed by atoms with Crippen molar-refractivity contribution in [3.8, 4) is 0 Å². The highest BCUT2D eigenvalue weighted by Gasteiger charge is 2.32. The molecule has 106 valence electrons. The third kappa shape index (κ3) is 3.51. The van der Waals surface area contributed by atoms with E-state index in [4.69, 9.17) is 9.72 Å². The van der Waals surface area contributed by atoms with Crippen LogP contribution in [0.1, 0.15) is 49.8 Å². The minimum atomic E-state index is 0.304. The average molecular weight is 263 g/mol. The lowest BCUT2D eigenvalue weighted by Gasteiger charge is -2.36. The minimum Gasteiger partial charge on any atom is -0.385 e. The Kier molecular flexibility index (Phi) is 4.53. The van der Waals surface area contributed by atoms with E-state index >= 15 is 0 Å². The number of hydrogen-bond acceptors (Lipinski definition) is 4. The molecule has 0 amide bonds. The van der Waals surface area contributed by atoms with E-state index in [1.54, 1.807) is 7.11 Å². The molecular formula is C15H25N3O. The fourth-order valence-electron chi connectivity index (χ4n) is 2.84. The zero-order valence-electron chi connectivity index (χ0n) is 12.5. The summed E-state index contributed by atoms with van der Waals surface area (Å²) in [6.45, 7) is 5.39. The lowest BCUT2D eigenvalue weighted by atomic mass is 9.74. The van der Waals surface area contributed by atoms with Crippen LogP contribution in [0.3, 0.4) is 0 Å². The van der Waals surface area contributed by atoms with Gasteiger partial charge in [-0.1, -0.05) is 13.8 Å². The SMILES string of the molecule is CNC1CC(C)(C)Cc2nc(CCCOC)ncc21. The molecule has 4 nitrogen and oxygen atoms in total. The lowest BCUT2D eigenvalue weighted by Crippen LogP contribution is -2.32. The van der Waals surface area contributed by atoms with Gasteiger partial charge in [-0.05, 0) is 31.7 Å². The van der Waals surface area contributed by atoms with Gasteiger partial charge in [-0.2, -0.15) is 0 Å². The molecule has 1 aliphatic carbocycles. The first kappa shape index (κ1) is 14.4. The van der Waals surface area contributed by atoms with Crippen LogP contribution in [0.25, 0.3) is 0 Å². The highest BCUT2D eigenvalue weighted by Crippen LogP contribution is 2.39. The van der Waals surface area contributed by atoms with Gasteiger partial charge in [-0.15, -0.1) is 0 Å². The van der Waals surface area contributed by atoms with Crippen LogP contribution in [0.2, 0.25) is 0 Å². The number of rotatable bonds is 5. The first-order valence-corrected chi connectivity index (χ1v) is 7.06. The molecule has 1 aromatic heterocycles. The van der Waals surface area contributed by atoms with E-state index in [-0.39, 0.29) is 0 Å². The number of nitrogens with one attached hydrogen (secondary N) is 1. The summed E-state index contributed by atoms with van der Waals surface area (Å²) in [4.78, 5) is 9.28. The van der Waals surface area contributed by atoms with Crippen molar-refractivity contribution in [2.75, 3.05) is 20.8 Å². The second kappa shape index (κ2) is 5.97. The first-order valence-electron chi connectivity index (χ1n) is 7.06. The maximum absolute atomic E-state index is 5.08. The van der Waals surface area contributed by atoms with E-state index in [2.05, 4.69) is 24.1 Å². The Bertz CT molecular complexity index is 431. The summed E-state index contributed by atoms with van der Waals surface area (Å²) >= 11 is 0. The van der Waals surface area contributed by atoms with Crippen LogP contribution in [0.4, 0.5) is 0 Å². The van der Waals surface area contributed by atoms with E-state index in [9.17, 15) is 0 Å². The molecule has 2 rings (SSSR count). The number of aromatic nitrogens is 2. The molecule has 1 aliphatic rings. The normalized spacial score (nSPS) is 21.2. The number of aryl methyl sites for hydroxylation is 1. The Morgan fingerprint density at radius 1 is 1.47 bits per heavy atom. The van der Waals surface area contributed by atoms with Crippen molar-refractivity contribution < 1.29 is 4.74 Å². The summed E-state index contributed by atoms with van der Waals surface area (Å²) < 4.78 is 5.08. The van der Waals surface area contributed by atoms with E-state index in [0.29, 0.717) is 11.5 Å². The summed E-state index contributed by atoms with van der Waals surface area (Å²) in [5.74, 6) is 0.948. The van der Waals surface area contributed by atoms with Crippen molar-refractivity contribution in [3.63, 3.8) is 0 Å². The van der Waals surface area contributed by atoms with Gasteiger partial charge in [0, 0.05) is 43.6 Å². The van der Waals surface area contributed by atoms with E-state index in [1.165, 1.54) is 11.3 Å². The van der Waals surface area contributed by atoms with Crippen LogP contribution < -0.4 is 5.32 Å². The second-order valence-corrected chi connectivity index (χ2v) is 6.17. The second-order valence-electron chi connectivity index (χ2n) is 6.17. The standard InChI is InChI=1S/C15H25N3O/c1-15(2)8-12(16-3)11-10-17-14(6-5-7-19-4)18-13(11)9-15/h10,12,16H,5-9H2,1-4H3. The molecule has 1 N–H and O–H groups in total. The summed E-state index contributed by atoms with van der Waals surface area (Å²) in [6.07, 6.45) is 6.07. The number of nitrogens with zero attached hydrogens (tertiary/aromatic N) is 2. The largest absolute Gasteiger partial charge is 0.385 e. The Morgan fingerprint density at radius 2 is 2.26 bits per heavy atom. The van der Waals surface area contributed by atoms with Crippen molar-refractivity contribution in [3.05, 3.63) is 23.3 Å². The van der Waals surface area contributed by atoms with E-state index in [0.717, 1.165) is 38.1 Å². The van der Waals surface area contributed by atoms with Crippen molar-refractivity contribution in [2.24, 2.45) is 5.41 Å². The van der Waals surface area contributed by atoms with Gasteiger partial charge in [-0.3, -0.25) is 0 Å². The molecule has 1 heterocycles. The van der Waals surface area contributed by atoms with Crippen LogP contribution in [0, 0.1) is 5.41 Å². The molecule has 1 aromatic rings. The molecular weight excluding hydrogens is 238 g/mol. The molecule has 19 heavy (non-hydrogen) atoms. The molecule has 0 saturated heterocycles. The molecule has 0 aliphatic heterocycles. The fourth-order valence-corrected chi connectivity index (χ4v) is 2.84. The van der Waals surface area contributed by atoms with Crippen LogP contribution >= 0.6 is 0 Å². The number of methoxy groups -OCH3 is 1. The highest BCUT2D eigenvalue weighted by molar-refractivity contribution is 5.26. The number of fused-ring (bicyclic) bond motifs is 1. The highest BCUT2D eigenvalue weighted by atomic mass is 16.5. The summed E-state index contributed by atoms with van der Waals surface area (Å²) in [5.41, 5.74) is 2.80. The smallest absolute Gasteiger partial charge is 0.128 e. The van der Waals surface area contributed by atoms with Gasteiger partial charge < -0.3 is 10.1 Å². The van der Waals surface area contributed by atoms with Crippen molar-refractivity contribution in [2.45, 2.75) is 45.6 Å². The topological polar surface area (TPSA) is 47.0 Å². The van der Waals surface area contributed by atoms with Gasteiger partial charge in [0.25, 0.3) is 0 Å². The Labute approximate surface area is 116 Å². The molecule has 0 bridgehead atoms. The van der Waals surface area contributed by atoms with Gasteiger partial charge in [0.15, 0.2) is 0 Å². The van der Waals surface area contributed by atoms with Crippen molar-refractivity contribution >= 4 is 0 Å². The molecule has 0 spiro atoms. The van der Waals surface area contributed by atoms with Crippen molar-refractivity contribution in [1.29, 1.82) is 0 Å². The lowest BCUT2D eigenvalue weighted by molar-refractivity contribution is 0.194. The molecule has 4 heteroatoms. The van der Waals surface area contributed by atoms with E-state index < -0.39 is 0 Å². The molecule has 1 unspecified atom stereocenters. The summed E-state index contributed by atoms with van der Waals surface area (Å²) in [6, 6.07) is 0.381. The van der Waals surface area contributed by atoms with Gasteiger partial charge >= 0.3 is 0 Å². The number of hydrogen-bond donors (Lipinski definition) is 1. The zero-order chi connectivity index (χ0) is 13.9.